The summed E-state index contributed by atoms with van der Waals surface area (Å²) in [6, 6.07) is 5.97. The Morgan fingerprint density at radius 2 is 1.95 bits per heavy atom. The molecule has 20 heavy (non-hydrogen) atoms. The van der Waals surface area contributed by atoms with Crippen LogP contribution in [0.2, 0.25) is 5.15 Å². The molecule has 0 saturated carbocycles. The first kappa shape index (κ1) is 14.8. The fraction of sp³-hybridized carbons (Fsp3) is 0.375. The predicted molar refractivity (Wildman–Crippen MR) is 82.5 cm³/mol. The van der Waals surface area contributed by atoms with E-state index >= 15 is 0 Å². The van der Waals surface area contributed by atoms with Crippen LogP contribution in [0.1, 0.15) is 30.3 Å². The lowest BCUT2D eigenvalue weighted by Gasteiger charge is -2.12. The monoisotopic (exact) mass is 290 g/mol. The lowest BCUT2D eigenvalue weighted by Crippen LogP contribution is -2.01. The van der Waals surface area contributed by atoms with Gasteiger partial charge in [-0.25, -0.2) is 9.97 Å². The van der Waals surface area contributed by atoms with Crippen LogP contribution in [0.15, 0.2) is 18.2 Å². The van der Waals surface area contributed by atoms with Crippen LogP contribution in [0.4, 0.5) is 0 Å². The van der Waals surface area contributed by atoms with E-state index < -0.39 is 0 Å². The standard InChI is InChI=1S/C16H19ClN2O/c1-5-6-14-18-15(11(3)16(17)19-14)13-8-7-12(20-4)9-10(13)2/h7-9H,5-6H2,1-4H3. The summed E-state index contributed by atoms with van der Waals surface area (Å²) < 4.78 is 5.24. The summed E-state index contributed by atoms with van der Waals surface area (Å²) in [6.07, 6.45) is 1.84. The third kappa shape index (κ3) is 2.93. The summed E-state index contributed by atoms with van der Waals surface area (Å²) in [7, 11) is 1.67. The molecule has 0 amide bonds. The first-order chi connectivity index (χ1) is 9.56. The van der Waals surface area contributed by atoms with Gasteiger partial charge in [-0.2, -0.15) is 0 Å². The van der Waals surface area contributed by atoms with Gasteiger partial charge in [0, 0.05) is 17.5 Å². The molecule has 0 spiro atoms. The number of nitrogens with zero attached hydrogens (tertiary/aromatic N) is 2. The number of ether oxygens (including phenoxy) is 1. The van der Waals surface area contributed by atoms with Crippen molar-refractivity contribution < 1.29 is 4.74 Å². The molecule has 0 N–H and O–H groups in total. The van der Waals surface area contributed by atoms with Gasteiger partial charge in [-0.1, -0.05) is 18.5 Å². The molecule has 0 aliphatic heterocycles. The second-order valence-corrected chi connectivity index (χ2v) is 5.19. The number of methoxy groups -OCH3 is 1. The van der Waals surface area contributed by atoms with Crippen molar-refractivity contribution in [2.45, 2.75) is 33.6 Å². The molecular weight excluding hydrogens is 272 g/mol. The Morgan fingerprint density at radius 1 is 1.20 bits per heavy atom. The highest BCUT2D eigenvalue weighted by atomic mass is 35.5. The molecule has 0 fully saturated rings. The van der Waals surface area contributed by atoms with Gasteiger partial charge < -0.3 is 4.74 Å². The molecule has 1 aromatic heterocycles. The largest absolute Gasteiger partial charge is 0.497 e. The van der Waals surface area contributed by atoms with Crippen LogP contribution in [-0.2, 0) is 6.42 Å². The van der Waals surface area contributed by atoms with E-state index in [1.54, 1.807) is 7.11 Å². The zero-order valence-electron chi connectivity index (χ0n) is 12.3. The topological polar surface area (TPSA) is 35.0 Å². The van der Waals surface area contributed by atoms with Gasteiger partial charge in [0.05, 0.1) is 12.8 Å². The molecule has 2 aromatic rings. The minimum Gasteiger partial charge on any atom is -0.497 e. The first-order valence-corrected chi connectivity index (χ1v) is 7.12. The number of halogens is 1. The quantitative estimate of drug-likeness (QED) is 0.784. The highest BCUT2D eigenvalue weighted by molar-refractivity contribution is 6.30. The Kier molecular flexibility index (Phi) is 4.61. The normalized spacial score (nSPS) is 10.7. The van der Waals surface area contributed by atoms with E-state index in [1.807, 2.05) is 32.0 Å². The van der Waals surface area contributed by atoms with E-state index in [0.717, 1.165) is 46.8 Å². The minimum atomic E-state index is 0.536. The molecule has 0 bridgehead atoms. The summed E-state index contributed by atoms with van der Waals surface area (Å²) in [5.41, 5.74) is 4.02. The third-order valence-corrected chi connectivity index (χ3v) is 3.66. The van der Waals surface area contributed by atoms with Crippen molar-refractivity contribution in [3.63, 3.8) is 0 Å². The van der Waals surface area contributed by atoms with E-state index in [-0.39, 0.29) is 0 Å². The van der Waals surface area contributed by atoms with Crippen LogP contribution < -0.4 is 4.74 Å². The maximum Gasteiger partial charge on any atom is 0.136 e. The molecule has 2 rings (SSSR count). The molecule has 0 atom stereocenters. The van der Waals surface area contributed by atoms with Gasteiger partial charge >= 0.3 is 0 Å². The highest BCUT2D eigenvalue weighted by Gasteiger charge is 2.13. The Morgan fingerprint density at radius 3 is 2.55 bits per heavy atom. The first-order valence-electron chi connectivity index (χ1n) is 6.74. The van der Waals surface area contributed by atoms with Gasteiger partial charge in [-0.15, -0.1) is 0 Å². The van der Waals surface area contributed by atoms with Crippen molar-refractivity contribution >= 4 is 11.6 Å². The van der Waals surface area contributed by atoms with E-state index in [9.17, 15) is 0 Å². The Balaban J connectivity index is 2.56. The number of hydrogen-bond acceptors (Lipinski definition) is 3. The molecule has 0 aliphatic rings. The summed E-state index contributed by atoms with van der Waals surface area (Å²) in [4.78, 5) is 9.01. The van der Waals surface area contributed by atoms with E-state index in [1.165, 1.54) is 0 Å². The van der Waals surface area contributed by atoms with Crippen LogP contribution in [0.5, 0.6) is 5.75 Å². The van der Waals surface area contributed by atoms with Gasteiger partial charge in [0.25, 0.3) is 0 Å². The van der Waals surface area contributed by atoms with Gasteiger partial charge in [0.2, 0.25) is 0 Å². The number of aryl methyl sites for hydroxylation is 2. The average Bonchev–Trinajstić information content (AvgIpc) is 2.43. The molecule has 0 saturated heterocycles. The van der Waals surface area contributed by atoms with Crippen molar-refractivity contribution in [1.29, 1.82) is 0 Å². The Hall–Kier alpha value is -1.61. The van der Waals surface area contributed by atoms with Gasteiger partial charge in [-0.05, 0) is 44.0 Å². The summed E-state index contributed by atoms with van der Waals surface area (Å²) >= 11 is 6.24. The Bertz CT molecular complexity index is 626. The lowest BCUT2D eigenvalue weighted by atomic mass is 10.0. The van der Waals surface area contributed by atoms with Crippen molar-refractivity contribution in [3.8, 4) is 17.0 Å². The summed E-state index contributed by atoms with van der Waals surface area (Å²) in [5.74, 6) is 1.64. The summed E-state index contributed by atoms with van der Waals surface area (Å²) in [5, 5.41) is 0.536. The van der Waals surface area contributed by atoms with Gasteiger partial charge in [-0.3, -0.25) is 0 Å². The maximum atomic E-state index is 6.24. The fourth-order valence-corrected chi connectivity index (χ4v) is 2.35. The van der Waals surface area contributed by atoms with Crippen LogP contribution in [0.25, 0.3) is 11.3 Å². The van der Waals surface area contributed by atoms with E-state index in [0.29, 0.717) is 5.15 Å². The zero-order chi connectivity index (χ0) is 14.7. The van der Waals surface area contributed by atoms with Crippen molar-refractivity contribution in [3.05, 3.63) is 40.3 Å². The third-order valence-electron chi connectivity index (χ3n) is 3.30. The maximum absolute atomic E-state index is 6.24. The molecule has 1 aromatic carbocycles. The second-order valence-electron chi connectivity index (χ2n) is 4.84. The molecular formula is C16H19ClN2O. The lowest BCUT2D eigenvalue weighted by molar-refractivity contribution is 0.414. The Labute approximate surface area is 125 Å². The molecule has 4 heteroatoms. The second kappa shape index (κ2) is 6.23. The van der Waals surface area contributed by atoms with Crippen molar-refractivity contribution in [2.24, 2.45) is 0 Å². The number of aromatic nitrogens is 2. The van der Waals surface area contributed by atoms with E-state index in [2.05, 4.69) is 16.9 Å². The van der Waals surface area contributed by atoms with Crippen LogP contribution in [-0.4, -0.2) is 17.1 Å². The van der Waals surface area contributed by atoms with E-state index in [4.69, 9.17) is 16.3 Å². The SMILES string of the molecule is CCCc1nc(Cl)c(C)c(-c2ccc(OC)cc2C)n1. The fourth-order valence-electron chi connectivity index (χ4n) is 2.16. The molecule has 106 valence electrons. The van der Waals surface area contributed by atoms with Gasteiger partial charge in [0.15, 0.2) is 0 Å². The molecule has 3 nitrogen and oxygen atoms in total. The minimum absolute atomic E-state index is 0.536. The van der Waals surface area contributed by atoms with Crippen LogP contribution >= 0.6 is 11.6 Å². The van der Waals surface area contributed by atoms with Crippen LogP contribution in [0.3, 0.4) is 0 Å². The molecule has 0 radical (unpaired) electrons. The molecule has 1 heterocycles. The molecule has 0 unspecified atom stereocenters. The number of benzene rings is 1. The average molecular weight is 291 g/mol. The van der Waals surface area contributed by atoms with Crippen molar-refractivity contribution in [2.75, 3.05) is 7.11 Å². The summed E-state index contributed by atoms with van der Waals surface area (Å²) in [6.45, 7) is 6.11. The number of rotatable bonds is 4. The predicted octanol–water partition coefficient (Wildman–Crippen LogP) is 4.37. The molecule has 0 aliphatic carbocycles. The van der Waals surface area contributed by atoms with Gasteiger partial charge in [0.1, 0.15) is 16.7 Å². The smallest absolute Gasteiger partial charge is 0.136 e. The number of hydrogen-bond donors (Lipinski definition) is 0. The van der Waals surface area contributed by atoms with Crippen LogP contribution in [0, 0.1) is 13.8 Å². The zero-order valence-corrected chi connectivity index (χ0v) is 13.1. The highest BCUT2D eigenvalue weighted by Crippen LogP contribution is 2.30. The van der Waals surface area contributed by atoms with Crippen molar-refractivity contribution in [1.82, 2.24) is 9.97 Å².